The molecule has 11 nitrogen and oxygen atoms in total. The number of nitro benzene ring substituents is 1. The molecule has 1 atom stereocenters. The third-order valence-electron chi connectivity index (χ3n) is 6.83. The Morgan fingerprint density at radius 1 is 1.02 bits per heavy atom. The predicted octanol–water partition coefficient (Wildman–Crippen LogP) is 6.14. The van der Waals surface area contributed by atoms with Gasteiger partial charge in [0.25, 0.3) is 15.7 Å². The number of aryl methyl sites for hydroxylation is 1. The first kappa shape index (κ1) is 35.6. The molecule has 3 aromatic carbocycles. The zero-order chi connectivity index (χ0) is 33.7. The first-order valence-corrected chi connectivity index (χ1v) is 16.1. The molecule has 0 fully saturated rings. The van der Waals surface area contributed by atoms with E-state index in [0.29, 0.717) is 16.3 Å². The van der Waals surface area contributed by atoms with E-state index in [-0.39, 0.29) is 39.8 Å². The van der Waals surface area contributed by atoms with Gasteiger partial charge in [0.2, 0.25) is 11.8 Å². The van der Waals surface area contributed by atoms with Gasteiger partial charge in [-0.05, 0) is 82.1 Å². The van der Waals surface area contributed by atoms with Crippen molar-refractivity contribution in [2.24, 2.45) is 0 Å². The van der Waals surface area contributed by atoms with Crippen LogP contribution in [-0.2, 0) is 26.2 Å². The topological polar surface area (TPSA) is 139 Å². The van der Waals surface area contributed by atoms with Gasteiger partial charge in [0, 0.05) is 23.7 Å². The number of carbonyl (C=O) groups is 2. The van der Waals surface area contributed by atoms with E-state index in [1.54, 1.807) is 25.1 Å². The van der Waals surface area contributed by atoms with Gasteiger partial charge in [-0.3, -0.25) is 24.0 Å². The standard InChI is InChI=1S/C31H36Cl2N4O7S/c1-7-27(30(39)34-31(3,4)5)35(18-21-9-15-25(32)26(33)16-21)29(38)19-36(22-10-12-23(44-6)13-11-22)45(42,43)24-14-8-20(2)28(17-24)37(40)41/h8-17,27H,7,18-19H2,1-6H3,(H,34,39)/t27-/m1/s1. The van der Waals surface area contributed by atoms with Gasteiger partial charge in [-0.1, -0.05) is 42.3 Å². The minimum atomic E-state index is -4.54. The summed E-state index contributed by atoms with van der Waals surface area (Å²) in [7, 11) is -3.09. The number of methoxy groups -OCH3 is 1. The zero-order valence-electron chi connectivity index (χ0n) is 25.8. The molecule has 0 aliphatic rings. The van der Waals surface area contributed by atoms with Gasteiger partial charge in [-0.25, -0.2) is 8.42 Å². The monoisotopic (exact) mass is 678 g/mol. The summed E-state index contributed by atoms with van der Waals surface area (Å²) in [5.41, 5.74) is -0.0546. The van der Waals surface area contributed by atoms with Crippen LogP contribution in [0.1, 0.15) is 45.2 Å². The number of nitrogens with zero attached hydrogens (tertiary/aromatic N) is 3. The predicted molar refractivity (Wildman–Crippen MR) is 174 cm³/mol. The van der Waals surface area contributed by atoms with Gasteiger partial charge in [-0.15, -0.1) is 0 Å². The van der Waals surface area contributed by atoms with E-state index in [1.807, 2.05) is 20.8 Å². The maximum absolute atomic E-state index is 14.2. The van der Waals surface area contributed by atoms with Crippen molar-refractivity contribution in [2.45, 2.75) is 64.1 Å². The second-order valence-corrected chi connectivity index (χ2v) is 14.0. The number of carbonyl (C=O) groups excluding carboxylic acids is 2. The van der Waals surface area contributed by atoms with Crippen LogP contribution in [0.25, 0.3) is 0 Å². The number of halogens is 2. The molecule has 0 saturated carbocycles. The number of sulfonamides is 1. The van der Waals surface area contributed by atoms with Gasteiger partial charge < -0.3 is 15.0 Å². The van der Waals surface area contributed by atoms with Crippen molar-refractivity contribution in [3.8, 4) is 5.75 Å². The lowest BCUT2D eigenvalue weighted by Crippen LogP contribution is -2.55. The van der Waals surface area contributed by atoms with E-state index in [0.717, 1.165) is 10.4 Å². The lowest BCUT2D eigenvalue weighted by molar-refractivity contribution is -0.385. The molecule has 3 rings (SSSR count). The highest BCUT2D eigenvalue weighted by molar-refractivity contribution is 7.92. The van der Waals surface area contributed by atoms with Gasteiger partial charge in [-0.2, -0.15) is 0 Å². The first-order chi connectivity index (χ1) is 21.0. The van der Waals surface area contributed by atoms with Crippen molar-refractivity contribution in [1.29, 1.82) is 0 Å². The van der Waals surface area contributed by atoms with Crippen LogP contribution in [0.15, 0.2) is 65.6 Å². The number of nitrogens with one attached hydrogen (secondary N) is 1. The molecule has 0 saturated heterocycles. The molecule has 0 heterocycles. The molecule has 0 unspecified atom stereocenters. The molecule has 0 aliphatic heterocycles. The van der Waals surface area contributed by atoms with Crippen LogP contribution in [0, 0.1) is 17.0 Å². The highest BCUT2D eigenvalue weighted by Gasteiger charge is 2.35. The fourth-order valence-corrected chi connectivity index (χ4v) is 6.31. The molecule has 0 radical (unpaired) electrons. The summed E-state index contributed by atoms with van der Waals surface area (Å²) < 4.78 is 34.3. The summed E-state index contributed by atoms with van der Waals surface area (Å²) in [6.45, 7) is 7.85. The summed E-state index contributed by atoms with van der Waals surface area (Å²) in [5, 5.41) is 15.1. The van der Waals surface area contributed by atoms with E-state index < -0.39 is 44.9 Å². The SMILES string of the molecule is CC[C@H](C(=O)NC(C)(C)C)N(Cc1ccc(Cl)c(Cl)c1)C(=O)CN(c1ccc(OC)cc1)S(=O)(=O)c1ccc(C)c([N+](=O)[O-])c1. The van der Waals surface area contributed by atoms with Crippen LogP contribution in [0.4, 0.5) is 11.4 Å². The quantitative estimate of drug-likeness (QED) is 0.179. The lowest BCUT2D eigenvalue weighted by Gasteiger charge is -2.34. The van der Waals surface area contributed by atoms with E-state index >= 15 is 0 Å². The molecule has 0 aromatic heterocycles. The van der Waals surface area contributed by atoms with Gasteiger partial charge in [0.15, 0.2) is 0 Å². The van der Waals surface area contributed by atoms with Crippen LogP contribution in [0.2, 0.25) is 10.0 Å². The number of nitro groups is 1. The van der Waals surface area contributed by atoms with Crippen LogP contribution in [0.5, 0.6) is 5.75 Å². The Bertz CT molecular complexity index is 1680. The Hall–Kier alpha value is -3.87. The second kappa shape index (κ2) is 14.5. The summed E-state index contributed by atoms with van der Waals surface area (Å²) in [6.07, 6.45) is 0.217. The molecular weight excluding hydrogens is 643 g/mol. The number of ether oxygens (including phenoxy) is 1. The fourth-order valence-electron chi connectivity index (χ4n) is 4.56. The van der Waals surface area contributed by atoms with E-state index in [9.17, 15) is 28.1 Å². The zero-order valence-corrected chi connectivity index (χ0v) is 28.2. The number of benzene rings is 3. The van der Waals surface area contributed by atoms with Crippen LogP contribution in [0.3, 0.4) is 0 Å². The third kappa shape index (κ3) is 8.86. The number of rotatable bonds is 12. The number of amides is 2. The van der Waals surface area contributed by atoms with Crippen molar-refractivity contribution in [3.63, 3.8) is 0 Å². The number of anilines is 1. The molecule has 45 heavy (non-hydrogen) atoms. The average molecular weight is 680 g/mol. The third-order valence-corrected chi connectivity index (χ3v) is 9.33. The molecule has 1 N–H and O–H groups in total. The van der Waals surface area contributed by atoms with E-state index in [2.05, 4.69) is 5.32 Å². The largest absolute Gasteiger partial charge is 0.497 e. The van der Waals surface area contributed by atoms with Crippen molar-refractivity contribution < 1.29 is 27.7 Å². The molecule has 3 aromatic rings. The van der Waals surface area contributed by atoms with Gasteiger partial charge in [0.05, 0.1) is 32.7 Å². The average Bonchev–Trinajstić information content (AvgIpc) is 2.96. The Morgan fingerprint density at radius 3 is 2.20 bits per heavy atom. The summed E-state index contributed by atoms with van der Waals surface area (Å²) in [6, 6.07) is 13.3. The number of hydrogen-bond donors (Lipinski definition) is 1. The smallest absolute Gasteiger partial charge is 0.273 e. The Morgan fingerprint density at radius 2 is 1.67 bits per heavy atom. The van der Waals surface area contributed by atoms with Crippen LogP contribution >= 0.6 is 23.2 Å². The molecule has 14 heteroatoms. The molecule has 0 bridgehead atoms. The van der Waals surface area contributed by atoms with Crippen molar-refractivity contribution in [3.05, 3.63) is 92.0 Å². The minimum Gasteiger partial charge on any atom is -0.497 e. The highest BCUT2D eigenvalue weighted by atomic mass is 35.5. The van der Waals surface area contributed by atoms with E-state index in [1.165, 1.54) is 55.3 Å². The van der Waals surface area contributed by atoms with Gasteiger partial charge in [0.1, 0.15) is 18.3 Å². The Kier molecular flexibility index (Phi) is 11.5. The maximum atomic E-state index is 14.2. The normalized spacial score (nSPS) is 12.3. The molecular formula is C31H36Cl2N4O7S. The summed E-state index contributed by atoms with van der Waals surface area (Å²) in [4.78, 5) is 39.6. The Labute approximate surface area is 273 Å². The second-order valence-electron chi connectivity index (χ2n) is 11.3. The fraction of sp³-hybridized carbons (Fsp3) is 0.355. The molecule has 0 spiro atoms. The molecule has 2 amide bonds. The van der Waals surface area contributed by atoms with Gasteiger partial charge >= 0.3 is 0 Å². The molecule has 242 valence electrons. The van der Waals surface area contributed by atoms with Crippen molar-refractivity contribution in [1.82, 2.24) is 10.2 Å². The minimum absolute atomic E-state index is 0.0850. The maximum Gasteiger partial charge on any atom is 0.273 e. The number of hydrogen-bond acceptors (Lipinski definition) is 7. The van der Waals surface area contributed by atoms with Crippen LogP contribution < -0.4 is 14.4 Å². The lowest BCUT2D eigenvalue weighted by atomic mass is 10.1. The first-order valence-electron chi connectivity index (χ1n) is 14.0. The van der Waals surface area contributed by atoms with Crippen LogP contribution in [-0.4, -0.2) is 55.3 Å². The summed E-state index contributed by atoms with van der Waals surface area (Å²) >= 11 is 12.3. The summed E-state index contributed by atoms with van der Waals surface area (Å²) in [5.74, 6) is -0.677. The Balaban J connectivity index is 2.15. The van der Waals surface area contributed by atoms with Crippen molar-refractivity contribution >= 4 is 56.4 Å². The molecule has 0 aliphatic carbocycles. The van der Waals surface area contributed by atoms with E-state index in [4.69, 9.17) is 27.9 Å². The van der Waals surface area contributed by atoms with Crippen molar-refractivity contribution in [2.75, 3.05) is 18.0 Å². The highest BCUT2D eigenvalue weighted by Crippen LogP contribution is 2.30.